The lowest BCUT2D eigenvalue weighted by Gasteiger charge is -2.23. The summed E-state index contributed by atoms with van der Waals surface area (Å²) in [5.74, 6) is 5.24. The van der Waals surface area contributed by atoms with Crippen LogP contribution in [0, 0.1) is 16.0 Å². The van der Waals surface area contributed by atoms with Crippen LogP contribution >= 0.6 is 11.6 Å². The lowest BCUT2D eigenvalue weighted by molar-refractivity contribution is -0.384. The molecule has 0 aliphatic carbocycles. The zero-order chi connectivity index (χ0) is 16.2. The molecule has 0 fully saturated rings. The van der Waals surface area contributed by atoms with E-state index in [1.54, 1.807) is 4.90 Å². The van der Waals surface area contributed by atoms with E-state index < -0.39 is 4.92 Å². The molecule has 1 aromatic rings. The Morgan fingerprint density at radius 1 is 1.52 bits per heavy atom. The predicted molar refractivity (Wildman–Crippen MR) is 82.3 cm³/mol. The minimum absolute atomic E-state index is 0.00914. The van der Waals surface area contributed by atoms with Crippen molar-refractivity contribution in [3.63, 3.8) is 0 Å². The summed E-state index contributed by atoms with van der Waals surface area (Å²) < 4.78 is 0. The van der Waals surface area contributed by atoms with Crippen LogP contribution < -0.4 is 11.3 Å². The van der Waals surface area contributed by atoms with Crippen molar-refractivity contribution in [3.8, 4) is 0 Å². The Balaban J connectivity index is 3.24. The fourth-order valence-corrected chi connectivity index (χ4v) is 2.25. The van der Waals surface area contributed by atoms with Gasteiger partial charge in [0.15, 0.2) is 0 Å². The van der Waals surface area contributed by atoms with Gasteiger partial charge in [-0.05, 0) is 18.9 Å². The summed E-state index contributed by atoms with van der Waals surface area (Å²) in [6.45, 7) is 6.92. The van der Waals surface area contributed by atoms with Gasteiger partial charge in [-0.15, -0.1) is 0 Å². The highest BCUT2D eigenvalue weighted by atomic mass is 35.5. The number of anilines is 1. The average molecular weight is 315 g/mol. The van der Waals surface area contributed by atoms with E-state index in [1.165, 1.54) is 12.1 Å². The fourth-order valence-electron chi connectivity index (χ4n) is 1.98. The van der Waals surface area contributed by atoms with Crippen molar-refractivity contribution in [2.75, 3.05) is 18.5 Å². The summed E-state index contributed by atoms with van der Waals surface area (Å²) >= 11 is 5.96. The van der Waals surface area contributed by atoms with E-state index in [0.29, 0.717) is 19.0 Å². The molecule has 8 heteroatoms. The summed E-state index contributed by atoms with van der Waals surface area (Å²) in [5.41, 5.74) is 2.03. The first-order valence-corrected chi connectivity index (χ1v) is 6.93. The van der Waals surface area contributed by atoms with Crippen LogP contribution in [-0.2, 0) is 0 Å². The molecule has 1 rings (SSSR count). The zero-order valence-electron chi connectivity index (χ0n) is 12.2. The maximum absolute atomic E-state index is 12.4. The first-order chi connectivity index (χ1) is 9.81. The predicted octanol–water partition coefficient (Wildman–Crippen LogP) is 2.65. The lowest BCUT2D eigenvalue weighted by Crippen LogP contribution is -2.34. The number of nitro groups is 1. The fraction of sp³-hybridized carbons (Fsp3) is 0.462. The molecule has 0 bridgehead atoms. The van der Waals surface area contributed by atoms with Crippen molar-refractivity contribution in [2.45, 2.75) is 20.8 Å². The second kappa shape index (κ2) is 7.24. The van der Waals surface area contributed by atoms with Gasteiger partial charge in [0, 0.05) is 24.7 Å². The number of carbonyl (C=O) groups is 1. The van der Waals surface area contributed by atoms with E-state index in [1.807, 2.05) is 20.8 Å². The second-order valence-electron chi connectivity index (χ2n) is 4.99. The Labute approximate surface area is 128 Å². The molecule has 3 N–H and O–H groups in total. The van der Waals surface area contributed by atoms with E-state index in [9.17, 15) is 14.9 Å². The SMILES string of the molecule is CCN(CC(C)C)C(=O)c1cc(Cl)c(NN)c([N+](=O)[O-])c1. The largest absolute Gasteiger partial charge is 0.339 e. The molecular formula is C13H19ClN4O3. The topological polar surface area (TPSA) is 102 Å². The lowest BCUT2D eigenvalue weighted by atomic mass is 10.1. The molecule has 0 radical (unpaired) electrons. The van der Waals surface area contributed by atoms with Crippen molar-refractivity contribution >= 4 is 28.9 Å². The molecule has 1 amide bonds. The number of nitrogens with one attached hydrogen (secondary N) is 1. The molecule has 0 aromatic heterocycles. The number of nitrogens with two attached hydrogens (primary N) is 1. The number of hydrazine groups is 1. The van der Waals surface area contributed by atoms with Crippen molar-refractivity contribution in [1.29, 1.82) is 0 Å². The number of nitro benzene ring substituents is 1. The Kier molecular flexibility index (Phi) is 5.92. The quantitative estimate of drug-likeness (QED) is 0.477. The van der Waals surface area contributed by atoms with Crippen LogP contribution in [0.3, 0.4) is 0 Å². The molecule has 0 aliphatic heterocycles. The molecule has 0 unspecified atom stereocenters. The molecule has 21 heavy (non-hydrogen) atoms. The first kappa shape index (κ1) is 17.2. The Morgan fingerprint density at radius 2 is 2.14 bits per heavy atom. The highest BCUT2D eigenvalue weighted by molar-refractivity contribution is 6.34. The maximum atomic E-state index is 12.4. The van der Waals surface area contributed by atoms with Gasteiger partial charge in [0.05, 0.1) is 9.95 Å². The molecule has 0 atom stereocenters. The molecule has 0 saturated carbocycles. The molecule has 0 saturated heterocycles. The van der Waals surface area contributed by atoms with Crippen LogP contribution in [0.4, 0.5) is 11.4 Å². The zero-order valence-corrected chi connectivity index (χ0v) is 13.0. The van der Waals surface area contributed by atoms with Crippen LogP contribution in [-0.4, -0.2) is 28.8 Å². The molecule has 0 heterocycles. The average Bonchev–Trinajstić information content (AvgIpc) is 2.42. The van der Waals surface area contributed by atoms with E-state index >= 15 is 0 Å². The molecular weight excluding hydrogens is 296 g/mol. The maximum Gasteiger partial charge on any atom is 0.295 e. The molecule has 0 aliphatic rings. The Hall–Kier alpha value is -1.86. The summed E-state index contributed by atoms with van der Waals surface area (Å²) in [6, 6.07) is 2.57. The minimum atomic E-state index is -0.628. The van der Waals surface area contributed by atoms with Gasteiger partial charge < -0.3 is 10.3 Å². The van der Waals surface area contributed by atoms with E-state index in [0.717, 1.165) is 0 Å². The van der Waals surface area contributed by atoms with Crippen molar-refractivity contribution < 1.29 is 9.72 Å². The number of nitrogens with zero attached hydrogens (tertiary/aromatic N) is 2. The summed E-state index contributed by atoms with van der Waals surface area (Å²) in [6.07, 6.45) is 0. The van der Waals surface area contributed by atoms with Gasteiger partial charge >= 0.3 is 0 Å². The van der Waals surface area contributed by atoms with Gasteiger partial charge in [-0.2, -0.15) is 0 Å². The van der Waals surface area contributed by atoms with Gasteiger partial charge in [-0.3, -0.25) is 20.8 Å². The van der Waals surface area contributed by atoms with E-state index in [-0.39, 0.29) is 27.9 Å². The summed E-state index contributed by atoms with van der Waals surface area (Å²) in [7, 11) is 0. The van der Waals surface area contributed by atoms with Gasteiger partial charge in [-0.25, -0.2) is 0 Å². The van der Waals surface area contributed by atoms with Crippen molar-refractivity contribution in [1.82, 2.24) is 4.90 Å². The van der Waals surface area contributed by atoms with E-state index in [4.69, 9.17) is 17.4 Å². The molecule has 7 nitrogen and oxygen atoms in total. The standard InChI is InChI=1S/C13H19ClN4O3/c1-4-17(7-8(2)3)13(19)9-5-10(14)12(16-15)11(6-9)18(20)21/h5-6,8,16H,4,7,15H2,1-3H3. The summed E-state index contributed by atoms with van der Waals surface area (Å²) in [5, 5.41) is 11.1. The van der Waals surface area contributed by atoms with Gasteiger partial charge in [-0.1, -0.05) is 25.4 Å². The number of hydrogen-bond acceptors (Lipinski definition) is 5. The molecule has 0 spiro atoms. The van der Waals surface area contributed by atoms with Crippen LogP contribution in [0.25, 0.3) is 0 Å². The number of amides is 1. The van der Waals surface area contributed by atoms with E-state index in [2.05, 4.69) is 5.43 Å². The molecule has 116 valence electrons. The van der Waals surface area contributed by atoms with Crippen molar-refractivity contribution in [2.24, 2.45) is 11.8 Å². The number of halogens is 1. The van der Waals surface area contributed by atoms with Crippen molar-refractivity contribution in [3.05, 3.63) is 32.8 Å². The highest BCUT2D eigenvalue weighted by Gasteiger charge is 2.23. The third kappa shape index (κ3) is 4.05. The number of benzene rings is 1. The van der Waals surface area contributed by atoms with Gasteiger partial charge in [0.2, 0.25) is 0 Å². The first-order valence-electron chi connectivity index (χ1n) is 6.55. The third-order valence-corrected chi connectivity index (χ3v) is 3.21. The van der Waals surface area contributed by atoms with Crippen LogP contribution in [0.15, 0.2) is 12.1 Å². The van der Waals surface area contributed by atoms with Crippen LogP contribution in [0.5, 0.6) is 0 Å². The summed E-state index contributed by atoms with van der Waals surface area (Å²) in [4.78, 5) is 24.5. The normalized spacial score (nSPS) is 10.6. The molecule has 1 aromatic carbocycles. The minimum Gasteiger partial charge on any atom is -0.339 e. The number of carbonyl (C=O) groups excluding carboxylic acids is 1. The second-order valence-corrected chi connectivity index (χ2v) is 5.40. The number of rotatable bonds is 6. The Bertz CT molecular complexity index is 548. The number of hydrogen-bond donors (Lipinski definition) is 2. The van der Waals surface area contributed by atoms with Gasteiger partial charge in [0.1, 0.15) is 5.69 Å². The third-order valence-electron chi connectivity index (χ3n) is 2.91. The number of nitrogen functional groups attached to an aromatic ring is 1. The van der Waals surface area contributed by atoms with Gasteiger partial charge in [0.25, 0.3) is 11.6 Å². The smallest absolute Gasteiger partial charge is 0.295 e. The monoisotopic (exact) mass is 314 g/mol. The van der Waals surface area contributed by atoms with Crippen LogP contribution in [0.1, 0.15) is 31.1 Å². The highest BCUT2D eigenvalue weighted by Crippen LogP contribution is 2.33. The Morgan fingerprint density at radius 3 is 2.57 bits per heavy atom. The van der Waals surface area contributed by atoms with Crippen LogP contribution in [0.2, 0.25) is 5.02 Å².